The van der Waals surface area contributed by atoms with Crippen molar-refractivity contribution < 1.29 is 14.3 Å². The average molecular weight is 239 g/mol. The van der Waals surface area contributed by atoms with Crippen molar-refractivity contribution in [1.29, 1.82) is 0 Å². The minimum absolute atomic E-state index is 0.109. The van der Waals surface area contributed by atoms with Gasteiger partial charge in [-0.15, -0.1) is 0 Å². The van der Waals surface area contributed by atoms with Gasteiger partial charge in [0.2, 0.25) is 11.8 Å². The number of nitrogens with zero attached hydrogens (tertiary/aromatic N) is 1. The van der Waals surface area contributed by atoms with E-state index in [9.17, 15) is 4.79 Å². The fourth-order valence-corrected chi connectivity index (χ4v) is 1.13. The number of likely N-dealkylation sites (N-methyl/N-ethyl adjacent to an activating group) is 1. The zero-order chi connectivity index (χ0) is 12.5. The van der Waals surface area contributed by atoms with E-state index in [4.69, 9.17) is 9.47 Å². The lowest BCUT2D eigenvalue weighted by Gasteiger charge is -2.06. The summed E-state index contributed by atoms with van der Waals surface area (Å²) in [5, 5.41) is 5.46. The summed E-state index contributed by atoms with van der Waals surface area (Å²) in [6, 6.07) is 3.44. The van der Waals surface area contributed by atoms with E-state index >= 15 is 0 Å². The summed E-state index contributed by atoms with van der Waals surface area (Å²) < 4.78 is 10.1. The van der Waals surface area contributed by atoms with Crippen LogP contribution in [0.25, 0.3) is 0 Å². The molecular formula is C11H17N3O3. The lowest BCUT2D eigenvalue weighted by Crippen LogP contribution is -2.25. The number of hydrogen-bond acceptors (Lipinski definition) is 5. The standard InChI is InChI=1S/C11H17N3O3/c1-12-8-10(15)14-9-3-4-11(13-7-9)17-6-5-16-2/h3-4,7,12H,5-6,8H2,1-2H3,(H,14,15). The third kappa shape index (κ3) is 5.28. The molecule has 1 aromatic rings. The second-order valence-electron chi connectivity index (χ2n) is 3.30. The van der Waals surface area contributed by atoms with Crippen LogP contribution in [-0.2, 0) is 9.53 Å². The van der Waals surface area contributed by atoms with Crippen LogP contribution < -0.4 is 15.4 Å². The number of pyridine rings is 1. The van der Waals surface area contributed by atoms with Gasteiger partial charge in [-0.1, -0.05) is 0 Å². The molecule has 1 rings (SSSR count). The summed E-state index contributed by atoms with van der Waals surface area (Å²) in [5.41, 5.74) is 0.643. The van der Waals surface area contributed by atoms with Crippen LogP contribution in [0.15, 0.2) is 18.3 Å². The minimum atomic E-state index is -0.109. The molecule has 0 aromatic carbocycles. The van der Waals surface area contributed by atoms with Gasteiger partial charge in [0.05, 0.1) is 25.0 Å². The van der Waals surface area contributed by atoms with Gasteiger partial charge in [0.1, 0.15) is 6.61 Å². The van der Waals surface area contributed by atoms with Crippen molar-refractivity contribution >= 4 is 11.6 Å². The number of ether oxygens (including phenoxy) is 2. The Hall–Kier alpha value is -1.66. The van der Waals surface area contributed by atoms with Gasteiger partial charge in [-0.3, -0.25) is 4.79 Å². The highest BCUT2D eigenvalue weighted by molar-refractivity contribution is 5.92. The molecule has 0 bridgehead atoms. The van der Waals surface area contributed by atoms with E-state index in [0.717, 1.165) is 0 Å². The highest BCUT2D eigenvalue weighted by atomic mass is 16.5. The molecule has 0 saturated carbocycles. The molecule has 94 valence electrons. The normalized spacial score (nSPS) is 10.0. The van der Waals surface area contributed by atoms with Crippen LogP contribution in [0.4, 0.5) is 5.69 Å². The number of anilines is 1. The van der Waals surface area contributed by atoms with Crippen LogP contribution in [0, 0.1) is 0 Å². The predicted molar refractivity (Wildman–Crippen MR) is 64.2 cm³/mol. The molecule has 6 heteroatoms. The maximum Gasteiger partial charge on any atom is 0.238 e. The van der Waals surface area contributed by atoms with Gasteiger partial charge >= 0.3 is 0 Å². The average Bonchev–Trinajstić information content (AvgIpc) is 2.32. The Bertz CT molecular complexity index is 340. The van der Waals surface area contributed by atoms with Crippen molar-refractivity contribution in [3.05, 3.63) is 18.3 Å². The largest absolute Gasteiger partial charge is 0.475 e. The van der Waals surface area contributed by atoms with E-state index in [1.807, 2.05) is 0 Å². The van der Waals surface area contributed by atoms with Gasteiger partial charge in [-0.25, -0.2) is 4.98 Å². The second kappa shape index (κ2) is 7.59. The number of rotatable bonds is 7. The molecule has 6 nitrogen and oxygen atoms in total. The number of nitrogens with one attached hydrogen (secondary N) is 2. The van der Waals surface area contributed by atoms with E-state index in [0.29, 0.717) is 24.8 Å². The second-order valence-corrected chi connectivity index (χ2v) is 3.30. The summed E-state index contributed by atoms with van der Waals surface area (Å²) in [6.45, 7) is 1.24. The third-order valence-corrected chi connectivity index (χ3v) is 1.89. The quantitative estimate of drug-likeness (QED) is 0.668. The van der Waals surface area contributed by atoms with Crippen molar-refractivity contribution in [2.75, 3.05) is 39.2 Å². The molecule has 0 aliphatic rings. The van der Waals surface area contributed by atoms with E-state index in [-0.39, 0.29) is 12.5 Å². The van der Waals surface area contributed by atoms with Gasteiger partial charge in [-0.2, -0.15) is 0 Å². The molecule has 0 aliphatic heterocycles. The molecule has 0 radical (unpaired) electrons. The predicted octanol–water partition coefficient (Wildman–Crippen LogP) is 0.265. The Morgan fingerprint density at radius 1 is 1.41 bits per heavy atom. The van der Waals surface area contributed by atoms with Gasteiger partial charge < -0.3 is 20.1 Å². The molecule has 0 atom stereocenters. The first-order chi connectivity index (χ1) is 8.26. The van der Waals surface area contributed by atoms with Crippen LogP contribution in [0.1, 0.15) is 0 Å². The number of carbonyl (C=O) groups excluding carboxylic acids is 1. The van der Waals surface area contributed by atoms with E-state index in [1.165, 1.54) is 0 Å². The summed E-state index contributed by atoms with van der Waals surface area (Å²) >= 11 is 0. The van der Waals surface area contributed by atoms with Crippen molar-refractivity contribution in [1.82, 2.24) is 10.3 Å². The van der Waals surface area contributed by atoms with Gasteiger partial charge in [0.15, 0.2) is 0 Å². The fourth-order valence-electron chi connectivity index (χ4n) is 1.13. The van der Waals surface area contributed by atoms with Crippen LogP contribution in [0.3, 0.4) is 0 Å². The van der Waals surface area contributed by atoms with Crippen molar-refractivity contribution in [3.63, 3.8) is 0 Å². The molecule has 0 spiro atoms. The monoisotopic (exact) mass is 239 g/mol. The Morgan fingerprint density at radius 2 is 2.24 bits per heavy atom. The Labute approximate surface area is 100 Å². The first-order valence-electron chi connectivity index (χ1n) is 5.28. The molecule has 1 heterocycles. The Balaban J connectivity index is 2.41. The van der Waals surface area contributed by atoms with Crippen LogP contribution >= 0.6 is 0 Å². The van der Waals surface area contributed by atoms with Crippen molar-refractivity contribution in [2.24, 2.45) is 0 Å². The Morgan fingerprint density at radius 3 is 2.82 bits per heavy atom. The first-order valence-corrected chi connectivity index (χ1v) is 5.28. The summed E-state index contributed by atoms with van der Waals surface area (Å²) in [5.74, 6) is 0.399. The maximum absolute atomic E-state index is 11.3. The zero-order valence-electron chi connectivity index (χ0n) is 10.0. The molecule has 0 unspecified atom stereocenters. The molecule has 17 heavy (non-hydrogen) atoms. The fraction of sp³-hybridized carbons (Fsp3) is 0.455. The maximum atomic E-state index is 11.3. The van der Waals surface area contributed by atoms with Crippen LogP contribution in [-0.4, -0.2) is 44.8 Å². The number of methoxy groups -OCH3 is 1. The van der Waals surface area contributed by atoms with Crippen LogP contribution in [0.2, 0.25) is 0 Å². The van der Waals surface area contributed by atoms with Crippen LogP contribution in [0.5, 0.6) is 5.88 Å². The van der Waals surface area contributed by atoms with Crippen molar-refractivity contribution in [3.8, 4) is 5.88 Å². The number of hydrogen-bond donors (Lipinski definition) is 2. The number of carbonyl (C=O) groups is 1. The third-order valence-electron chi connectivity index (χ3n) is 1.89. The summed E-state index contributed by atoms with van der Waals surface area (Å²) in [6.07, 6.45) is 1.55. The SMILES string of the molecule is CNCC(=O)Nc1ccc(OCCOC)nc1. The lowest BCUT2D eigenvalue weighted by molar-refractivity contribution is -0.115. The highest BCUT2D eigenvalue weighted by Crippen LogP contribution is 2.11. The van der Waals surface area contributed by atoms with Gasteiger partial charge in [0.25, 0.3) is 0 Å². The molecule has 0 fully saturated rings. The minimum Gasteiger partial charge on any atom is -0.475 e. The molecule has 0 aliphatic carbocycles. The summed E-state index contributed by atoms with van der Waals surface area (Å²) in [7, 11) is 3.32. The zero-order valence-corrected chi connectivity index (χ0v) is 10.0. The molecule has 0 saturated heterocycles. The molecule has 2 N–H and O–H groups in total. The smallest absolute Gasteiger partial charge is 0.238 e. The van der Waals surface area contributed by atoms with E-state index < -0.39 is 0 Å². The Kier molecular flexibility index (Phi) is 5.98. The molecule has 1 amide bonds. The van der Waals surface area contributed by atoms with E-state index in [2.05, 4.69) is 15.6 Å². The first kappa shape index (κ1) is 13.4. The van der Waals surface area contributed by atoms with Crippen molar-refractivity contribution in [2.45, 2.75) is 0 Å². The molecule has 1 aromatic heterocycles. The number of aromatic nitrogens is 1. The summed E-state index contributed by atoms with van der Waals surface area (Å²) in [4.78, 5) is 15.3. The van der Waals surface area contributed by atoms with E-state index in [1.54, 1.807) is 32.5 Å². The molecular weight excluding hydrogens is 222 g/mol. The number of amides is 1. The van der Waals surface area contributed by atoms with Gasteiger partial charge in [0, 0.05) is 13.2 Å². The topological polar surface area (TPSA) is 72.5 Å². The highest BCUT2D eigenvalue weighted by Gasteiger charge is 2.01. The van der Waals surface area contributed by atoms with Gasteiger partial charge in [-0.05, 0) is 13.1 Å². The lowest BCUT2D eigenvalue weighted by atomic mass is 10.4.